The van der Waals surface area contributed by atoms with Crippen LogP contribution in [0.4, 0.5) is 0 Å². The molecule has 1 aromatic carbocycles. The lowest BCUT2D eigenvalue weighted by atomic mass is 10.0. The zero-order valence-electron chi connectivity index (χ0n) is 13.8. The van der Waals surface area contributed by atoms with Crippen LogP contribution in [0.25, 0.3) is 0 Å². The third kappa shape index (κ3) is 3.73. The molecule has 2 aliphatic heterocycles. The van der Waals surface area contributed by atoms with Gasteiger partial charge in [0.1, 0.15) is 6.10 Å². The van der Waals surface area contributed by atoms with Crippen molar-refractivity contribution in [3.63, 3.8) is 0 Å². The average molecular weight is 304 g/mol. The molecule has 0 aliphatic carbocycles. The summed E-state index contributed by atoms with van der Waals surface area (Å²) in [7, 11) is 3.93. The van der Waals surface area contributed by atoms with Gasteiger partial charge in [-0.2, -0.15) is 0 Å². The molecule has 0 spiro atoms. The van der Waals surface area contributed by atoms with Gasteiger partial charge in [-0.15, -0.1) is 0 Å². The molecule has 22 heavy (non-hydrogen) atoms. The van der Waals surface area contributed by atoms with Crippen molar-refractivity contribution in [3.05, 3.63) is 23.8 Å². The fourth-order valence-electron chi connectivity index (χ4n) is 3.53. The molecule has 0 radical (unpaired) electrons. The number of likely N-dealkylation sites (tertiary alicyclic amines) is 1. The molecule has 4 heteroatoms. The third-order valence-electron chi connectivity index (χ3n) is 4.85. The van der Waals surface area contributed by atoms with Gasteiger partial charge >= 0.3 is 0 Å². The number of nitrogens with one attached hydrogen (secondary N) is 1. The van der Waals surface area contributed by atoms with Crippen molar-refractivity contribution >= 4 is 0 Å². The maximum absolute atomic E-state index is 6.26. The Morgan fingerprint density at radius 3 is 2.73 bits per heavy atom. The highest BCUT2D eigenvalue weighted by Gasteiger charge is 2.22. The number of hydrogen-bond donors (Lipinski definition) is 1. The number of nitrogens with zero attached hydrogens (tertiary/aromatic N) is 1. The normalized spacial score (nSPS) is 23.6. The van der Waals surface area contributed by atoms with Crippen LogP contribution in [0, 0.1) is 0 Å². The van der Waals surface area contributed by atoms with Gasteiger partial charge in [-0.05, 0) is 57.3 Å². The summed E-state index contributed by atoms with van der Waals surface area (Å²) in [6.07, 6.45) is 6.04. The van der Waals surface area contributed by atoms with E-state index in [1.54, 1.807) is 7.11 Å². The third-order valence-corrected chi connectivity index (χ3v) is 4.85. The molecule has 0 aromatic heterocycles. The van der Waals surface area contributed by atoms with E-state index in [4.69, 9.17) is 9.47 Å². The molecule has 1 unspecified atom stereocenters. The van der Waals surface area contributed by atoms with Crippen LogP contribution >= 0.6 is 0 Å². The number of ether oxygens (including phenoxy) is 2. The number of hydrogen-bond acceptors (Lipinski definition) is 4. The van der Waals surface area contributed by atoms with Crippen molar-refractivity contribution in [1.82, 2.24) is 10.2 Å². The van der Waals surface area contributed by atoms with Gasteiger partial charge in [0.15, 0.2) is 11.5 Å². The molecule has 2 saturated heterocycles. The molecule has 4 nitrogen and oxygen atoms in total. The lowest BCUT2D eigenvalue weighted by molar-refractivity contribution is 0.111. The smallest absolute Gasteiger partial charge is 0.163 e. The molecule has 2 fully saturated rings. The van der Waals surface area contributed by atoms with Gasteiger partial charge in [0.05, 0.1) is 7.11 Å². The molecule has 1 aromatic rings. The van der Waals surface area contributed by atoms with Crippen LogP contribution < -0.4 is 14.8 Å². The van der Waals surface area contributed by atoms with Gasteiger partial charge in [-0.25, -0.2) is 0 Å². The summed E-state index contributed by atoms with van der Waals surface area (Å²) in [5.74, 6) is 1.84. The van der Waals surface area contributed by atoms with Crippen LogP contribution in [0.5, 0.6) is 11.5 Å². The van der Waals surface area contributed by atoms with E-state index >= 15 is 0 Å². The molecule has 0 bridgehead atoms. The predicted octanol–water partition coefficient (Wildman–Crippen LogP) is 2.46. The number of rotatable bonds is 5. The van der Waals surface area contributed by atoms with E-state index in [1.165, 1.54) is 18.4 Å². The summed E-state index contributed by atoms with van der Waals surface area (Å²) in [6, 6.07) is 6.88. The van der Waals surface area contributed by atoms with Crippen LogP contribution in [-0.2, 0) is 6.42 Å². The molecular formula is C18H28N2O2. The highest BCUT2D eigenvalue weighted by atomic mass is 16.5. The predicted molar refractivity (Wildman–Crippen MR) is 88.9 cm³/mol. The van der Waals surface area contributed by atoms with Crippen LogP contribution in [0.2, 0.25) is 0 Å². The topological polar surface area (TPSA) is 33.7 Å². The van der Waals surface area contributed by atoms with E-state index in [0.29, 0.717) is 12.1 Å². The number of para-hydroxylation sites is 1. The molecule has 0 amide bonds. The molecule has 122 valence electrons. The van der Waals surface area contributed by atoms with E-state index in [-0.39, 0.29) is 0 Å². The first kappa shape index (κ1) is 15.6. The van der Waals surface area contributed by atoms with E-state index in [2.05, 4.69) is 29.4 Å². The van der Waals surface area contributed by atoms with E-state index < -0.39 is 0 Å². The van der Waals surface area contributed by atoms with Gasteiger partial charge in [0.25, 0.3) is 0 Å². The Hall–Kier alpha value is -1.26. The molecular weight excluding hydrogens is 276 g/mol. The van der Waals surface area contributed by atoms with Crippen molar-refractivity contribution < 1.29 is 9.47 Å². The largest absolute Gasteiger partial charge is 0.493 e. The minimum Gasteiger partial charge on any atom is -0.493 e. The average Bonchev–Trinajstić information content (AvgIpc) is 3.03. The Kier molecular flexibility index (Phi) is 5.21. The minimum atomic E-state index is 0.310. The fourth-order valence-corrected chi connectivity index (χ4v) is 3.53. The first-order valence-electron chi connectivity index (χ1n) is 8.50. The molecule has 3 rings (SSSR count). The SMILES string of the molecule is COc1c(CC2CCCN2)cccc1OC1CCN(C)CC1. The quantitative estimate of drug-likeness (QED) is 0.906. The summed E-state index contributed by atoms with van der Waals surface area (Å²) in [5.41, 5.74) is 1.26. The van der Waals surface area contributed by atoms with Gasteiger partial charge in [0, 0.05) is 19.1 Å². The molecule has 1 atom stereocenters. The number of benzene rings is 1. The van der Waals surface area contributed by atoms with Crippen LogP contribution in [0.15, 0.2) is 18.2 Å². The lowest BCUT2D eigenvalue weighted by Gasteiger charge is -2.30. The van der Waals surface area contributed by atoms with Crippen LogP contribution in [-0.4, -0.2) is 50.8 Å². The minimum absolute atomic E-state index is 0.310. The second kappa shape index (κ2) is 7.34. The maximum atomic E-state index is 6.26. The highest BCUT2D eigenvalue weighted by molar-refractivity contribution is 5.47. The Labute approximate surface area is 133 Å². The zero-order chi connectivity index (χ0) is 15.4. The summed E-state index contributed by atoms with van der Waals surface area (Å²) >= 11 is 0. The first-order valence-corrected chi connectivity index (χ1v) is 8.50. The van der Waals surface area contributed by atoms with Gasteiger partial charge in [0.2, 0.25) is 0 Å². The summed E-state index contributed by atoms with van der Waals surface area (Å²) < 4.78 is 11.9. The molecule has 0 saturated carbocycles. The van der Waals surface area contributed by atoms with Gasteiger partial charge in [-0.1, -0.05) is 12.1 Å². The standard InChI is InChI=1S/C18H28N2O2/c1-20-11-8-16(9-12-20)22-17-7-3-5-14(18(17)21-2)13-15-6-4-10-19-15/h3,5,7,15-16,19H,4,6,8-13H2,1-2H3. The van der Waals surface area contributed by atoms with Crippen molar-refractivity contribution in [2.45, 2.75) is 44.2 Å². The maximum Gasteiger partial charge on any atom is 0.163 e. The van der Waals surface area contributed by atoms with Crippen molar-refractivity contribution in [1.29, 1.82) is 0 Å². The van der Waals surface area contributed by atoms with Crippen molar-refractivity contribution in [3.8, 4) is 11.5 Å². The second-order valence-corrected chi connectivity index (χ2v) is 6.57. The molecule has 1 N–H and O–H groups in total. The number of methoxy groups -OCH3 is 1. The van der Waals surface area contributed by atoms with Crippen molar-refractivity contribution in [2.75, 3.05) is 33.8 Å². The summed E-state index contributed by atoms with van der Waals surface area (Å²) in [5, 5.41) is 3.56. The molecule has 2 heterocycles. The number of piperidine rings is 1. The monoisotopic (exact) mass is 304 g/mol. The van der Waals surface area contributed by atoms with Gasteiger partial charge in [-0.3, -0.25) is 0 Å². The lowest BCUT2D eigenvalue weighted by Crippen LogP contribution is -2.35. The highest BCUT2D eigenvalue weighted by Crippen LogP contribution is 2.34. The van der Waals surface area contributed by atoms with E-state index in [0.717, 1.165) is 50.4 Å². The van der Waals surface area contributed by atoms with Crippen LogP contribution in [0.3, 0.4) is 0 Å². The Balaban J connectivity index is 1.70. The summed E-state index contributed by atoms with van der Waals surface area (Å²) in [6.45, 7) is 3.36. The Bertz CT molecular complexity index is 478. The first-order chi connectivity index (χ1) is 10.8. The van der Waals surface area contributed by atoms with Crippen molar-refractivity contribution in [2.24, 2.45) is 0 Å². The fraction of sp³-hybridized carbons (Fsp3) is 0.667. The zero-order valence-corrected chi connectivity index (χ0v) is 13.8. The van der Waals surface area contributed by atoms with Crippen LogP contribution in [0.1, 0.15) is 31.2 Å². The Morgan fingerprint density at radius 1 is 1.23 bits per heavy atom. The molecule has 2 aliphatic rings. The summed E-state index contributed by atoms with van der Waals surface area (Å²) in [4.78, 5) is 2.36. The Morgan fingerprint density at radius 2 is 2.05 bits per heavy atom. The van der Waals surface area contributed by atoms with Gasteiger partial charge < -0.3 is 19.7 Å². The van der Waals surface area contributed by atoms with E-state index in [9.17, 15) is 0 Å². The second-order valence-electron chi connectivity index (χ2n) is 6.57. The van der Waals surface area contributed by atoms with E-state index in [1.807, 2.05) is 6.07 Å².